The number of rotatable bonds is 66. The summed E-state index contributed by atoms with van der Waals surface area (Å²) >= 11 is 0. The Hall–Kier alpha value is -3.15. The summed E-state index contributed by atoms with van der Waals surface area (Å²) in [5, 5.41) is 0. The largest absolute Gasteiger partial charge is 0.462 e. The normalized spacial score (nSPS) is 12.5. The predicted molar refractivity (Wildman–Crippen MR) is 358 cm³/mol. The van der Waals surface area contributed by atoms with Crippen molar-refractivity contribution in [2.75, 3.05) is 13.2 Å². The summed E-state index contributed by atoms with van der Waals surface area (Å²) in [5.74, 6) is -0.842. The maximum absolute atomic E-state index is 12.9. The number of allylic oxidation sites excluding steroid dienone is 12. The van der Waals surface area contributed by atoms with Gasteiger partial charge in [-0.25, -0.2) is 0 Å². The molecule has 6 heteroatoms. The van der Waals surface area contributed by atoms with Gasteiger partial charge in [-0.1, -0.05) is 357 Å². The zero-order valence-electron chi connectivity index (χ0n) is 54.8. The number of ether oxygens (including phenoxy) is 3. The molecular weight excluding hydrogens is 1010 g/mol. The van der Waals surface area contributed by atoms with Gasteiger partial charge in [-0.15, -0.1) is 0 Å². The minimum atomic E-state index is -0.770. The molecule has 1 unspecified atom stereocenters. The van der Waals surface area contributed by atoms with Crippen LogP contribution in [0.4, 0.5) is 0 Å². The molecule has 0 heterocycles. The number of carbonyl (C=O) groups is 3. The highest BCUT2D eigenvalue weighted by molar-refractivity contribution is 5.71. The van der Waals surface area contributed by atoms with Crippen molar-refractivity contribution < 1.29 is 28.6 Å². The lowest BCUT2D eigenvalue weighted by molar-refractivity contribution is -0.167. The third-order valence-electron chi connectivity index (χ3n) is 16.0. The van der Waals surface area contributed by atoms with E-state index in [1.54, 1.807) is 0 Å². The molecule has 0 rings (SSSR count). The van der Waals surface area contributed by atoms with Crippen LogP contribution in [-0.4, -0.2) is 37.2 Å². The van der Waals surface area contributed by atoms with E-state index in [0.717, 1.165) is 96.3 Å². The number of hydrogen-bond donors (Lipinski definition) is 0. The second kappa shape index (κ2) is 70.3. The summed E-state index contributed by atoms with van der Waals surface area (Å²) in [6.07, 6.45) is 92.3. The van der Waals surface area contributed by atoms with Gasteiger partial charge in [0.15, 0.2) is 6.10 Å². The fourth-order valence-electron chi connectivity index (χ4n) is 10.6. The van der Waals surface area contributed by atoms with Gasteiger partial charge in [0.2, 0.25) is 0 Å². The summed E-state index contributed by atoms with van der Waals surface area (Å²) in [5.41, 5.74) is 0. The lowest BCUT2D eigenvalue weighted by atomic mass is 10.0. The molecule has 1 atom stereocenters. The molecule has 0 aliphatic rings. The van der Waals surface area contributed by atoms with Crippen LogP contribution in [0.1, 0.15) is 374 Å². The van der Waals surface area contributed by atoms with Crippen LogP contribution in [0.25, 0.3) is 0 Å². The molecule has 476 valence electrons. The van der Waals surface area contributed by atoms with Gasteiger partial charge in [-0.05, 0) is 70.6 Å². The molecule has 0 radical (unpaired) electrons. The van der Waals surface area contributed by atoms with Crippen molar-refractivity contribution in [1.82, 2.24) is 0 Å². The summed E-state index contributed by atoms with van der Waals surface area (Å²) in [6, 6.07) is 0. The van der Waals surface area contributed by atoms with E-state index in [-0.39, 0.29) is 31.1 Å². The van der Waals surface area contributed by atoms with Gasteiger partial charge < -0.3 is 14.2 Å². The van der Waals surface area contributed by atoms with E-state index < -0.39 is 6.10 Å². The molecule has 0 aromatic rings. The van der Waals surface area contributed by atoms with Crippen LogP contribution in [0.5, 0.6) is 0 Å². The van der Waals surface area contributed by atoms with E-state index >= 15 is 0 Å². The van der Waals surface area contributed by atoms with Crippen LogP contribution in [0.3, 0.4) is 0 Å². The number of carbonyl (C=O) groups excluding carboxylic acids is 3. The molecule has 0 aliphatic heterocycles. The van der Waals surface area contributed by atoms with Crippen molar-refractivity contribution in [3.63, 3.8) is 0 Å². The van der Waals surface area contributed by atoms with Crippen LogP contribution in [0.2, 0.25) is 0 Å². The van der Waals surface area contributed by atoms with Gasteiger partial charge >= 0.3 is 17.9 Å². The van der Waals surface area contributed by atoms with Crippen LogP contribution < -0.4 is 0 Å². The van der Waals surface area contributed by atoms with Crippen molar-refractivity contribution in [3.8, 4) is 0 Å². The maximum Gasteiger partial charge on any atom is 0.306 e. The maximum atomic E-state index is 12.9. The Kier molecular flexibility index (Phi) is 67.6. The first-order valence-electron chi connectivity index (χ1n) is 35.9. The van der Waals surface area contributed by atoms with Crippen molar-refractivity contribution >= 4 is 17.9 Å². The highest BCUT2D eigenvalue weighted by Crippen LogP contribution is 2.18. The van der Waals surface area contributed by atoms with Gasteiger partial charge in [0.1, 0.15) is 13.2 Å². The Bertz CT molecular complexity index is 1500. The third-order valence-corrected chi connectivity index (χ3v) is 16.0. The summed E-state index contributed by atoms with van der Waals surface area (Å²) in [4.78, 5) is 38.3. The second-order valence-electron chi connectivity index (χ2n) is 24.1. The van der Waals surface area contributed by atoms with Crippen LogP contribution in [0, 0.1) is 0 Å². The Labute approximate surface area is 510 Å². The lowest BCUT2D eigenvalue weighted by Crippen LogP contribution is -2.30. The summed E-state index contributed by atoms with van der Waals surface area (Å²) in [6.45, 7) is 6.58. The lowest BCUT2D eigenvalue weighted by Gasteiger charge is -2.18. The Morgan fingerprint density at radius 2 is 0.476 bits per heavy atom. The number of unbranched alkanes of at least 4 members (excludes halogenated alkanes) is 43. The standard InChI is InChI=1S/C76H136O6/c1-4-7-10-13-16-19-22-24-26-28-30-31-32-33-34-35-36-37-38-39-40-41-42-43-44-45-46-48-49-51-54-57-60-63-66-69-75(78)81-72-73(71-80-74(77)68-65-62-59-56-53-21-18-15-12-9-6-3)82-76(79)70-67-64-61-58-55-52-50-47-29-27-25-23-20-17-14-11-8-5-2/h7,10,16,19,24,26,30-31,33-34,36-37,73H,4-6,8-9,11-15,17-18,20-23,25,27-29,32,35,38-72H2,1-3H3/b10-7-,19-16-,26-24-,31-30-,34-33-,37-36-. The van der Waals surface area contributed by atoms with Gasteiger partial charge in [0.05, 0.1) is 0 Å². The molecule has 0 bridgehead atoms. The predicted octanol–water partition coefficient (Wildman–Crippen LogP) is 24.8. The van der Waals surface area contributed by atoms with Gasteiger partial charge in [-0.3, -0.25) is 14.4 Å². The van der Waals surface area contributed by atoms with Crippen molar-refractivity contribution in [2.24, 2.45) is 0 Å². The molecule has 0 spiro atoms. The SMILES string of the molecule is CC/C=C\C/C=C\C/C=C\C/C=C\C/C=C\C/C=C\CCCCCCCCCCCCCCCCCCC(=O)OCC(COC(=O)CCCCCCCCCCCCC)OC(=O)CCCCCCCCCCCCCCCCCCCC. The Morgan fingerprint density at radius 3 is 0.744 bits per heavy atom. The highest BCUT2D eigenvalue weighted by atomic mass is 16.6. The second-order valence-corrected chi connectivity index (χ2v) is 24.1. The number of hydrogen-bond acceptors (Lipinski definition) is 6. The monoisotopic (exact) mass is 1150 g/mol. The Morgan fingerprint density at radius 1 is 0.256 bits per heavy atom. The first kappa shape index (κ1) is 78.8. The molecule has 0 amide bonds. The van der Waals surface area contributed by atoms with Crippen molar-refractivity contribution in [2.45, 2.75) is 380 Å². The molecule has 0 fully saturated rings. The summed E-state index contributed by atoms with van der Waals surface area (Å²) < 4.78 is 17.0. The smallest absolute Gasteiger partial charge is 0.306 e. The first-order valence-corrected chi connectivity index (χ1v) is 35.9. The van der Waals surface area contributed by atoms with E-state index in [9.17, 15) is 14.4 Å². The van der Waals surface area contributed by atoms with Crippen molar-refractivity contribution in [3.05, 3.63) is 72.9 Å². The molecular formula is C76H136O6. The molecule has 0 aliphatic carbocycles. The number of esters is 3. The molecule has 0 aromatic carbocycles. The zero-order valence-corrected chi connectivity index (χ0v) is 54.8. The average molecular weight is 1150 g/mol. The van der Waals surface area contributed by atoms with E-state index in [1.165, 1.54) is 238 Å². The average Bonchev–Trinajstić information content (AvgIpc) is 3.47. The Balaban J connectivity index is 4.10. The van der Waals surface area contributed by atoms with E-state index in [4.69, 9.17) is 14.2 Å². The minimum Gasteiger partial charge on any atom is -0.462 e. The van der Waals surface area contributed by atoms with Crippen LogP contribution >= 0.6 is 0 Å². The van der Waals surface area contributed by atoms with E-state index in [1.807, 2.05) is 0 Å². The van der Waals surface area contributed by atoms with E-state index in [2.05, 4.69) is 93.7 Å². The van der Waals surface area contributed by atoms with Crippen molar-refractivity contribution in [1.29, 1.82) is 0 Å². The molecule has 82 heavy (non-hydrogen) atoms. The minimum absolute atomic E-state index is 0.0671. The van der Waals surface area contributed by atoms with Gasteiger partial charge in [0.25, 0.3) is 0 Å². The zero-order chi connectivity index (χ0) is 59.2. The van der Waals surface area contributed by atoms with Crippen LogP contribution in [-0.2, 0) is 28.6 Å². The van der Waals surface area contributed by atoms with Crippen LogP contribution in [0.15, 0.2) is 72.9 Å². The first-order chi connectivity index (χ1) is 40.5. The molecule has 0 aromatic heterocycles. The molecule has 0 N–H and O–H groups in total. The highest BCUT2D eigenvalue weighted by Gasteiger charge is 2.19. The topological polar surface area (TPSA) is 78.9 Å². The van der Waals surface area contributed by atoms with Gasteiger partial charge in [0, 0.05) is 19.3 Å². The fourth-order valence-corrected chi connectivity index (χ4v) is 10.6. The fraction of sp³-hybridized carbons (Fsp3) is 0.803. The quantitative estimate of drug-likeness (QED) is 0.0261. The summed E-state index contributed by atoms with van der Waals surface area (Å²) in [7, 11) is 0. The van der Waals surface area contributed by atoms with E-state index in [0.29, 0.717) is 19.3 Å². The molecule has 0 saturated heterocycles. The van der Waals surface area contributed by atoms with Gasteiger partial charge in [-0.2, -0.15) is 0 Å². The third kappa shape index (κ3) is 67.6. The molecule has 6 nitrogen and oxygen atoms in total. The molecule has 0 saturated carbocycles.